The fourth-order valence-electron chi connectivity index (χ4n) is 1.65. The number of aromatic nitrogens is 3. The lowest BCUT2D eigenvalue weighted by atomic mass is 10.4. The van der Waals surface area contributed by atoms with E-state index in [4.69, 9.17) is 0 Å². The van der Waals surface area contributed by atoms with Crippen molar-refractivity contribution in [1.29, 1.82) is 0 Å². The van der Waals surface area contributed by atoms with Crippen molar-refractivity contribution in [1.82, 2.24) is 19.9 Å². The summed E-state index contributed by atoms with van der Waals surface area (Å²) < 4.78 is 1.85. The van der Waals surface area contributed by atoms with Crippen LogP contribution < -0.4 is 10.6 Å². The first-order valence-electron chi connectivity index (χ1n) is 5.96. The zero-order valence-electron chi connectivity index (χ0n) is 10.6. The number of hydrogen-bond acceptors (Lipinski definition) is 4. The van der Waals surface area contributed by atoms with Crippen molar-refractivity contribution in [2.45, 2.75) is 26.8 Å². The van der Waals surface area contributed by atoms with E-state index in [9.17, 15) is 0 Å². The summed E-state index contributed by atoms with van der Waals surface area (Å²) >= 11 is 0. The highest BCUT2D eigenvalue weighted by Gasteiger charge is 2.03. The Morgan fingerprint density at radius 3 is 2.82 bits per heavy atom. The molecule has 2 heterocycles. The number of pyridine rings is 1. The summed E-state index contributed by atoms with van der Waals surface area (Å²) in [4.78, 5) is 4.40. The molecule has 92 valence electrons. The molecule has 0 radical (unpaired) electrons. The molecule has 0 saturated heterocycles. The molecule has 2 aromatic heterocycles. The predicted octanol–water partition coefficient (Wildman–Crippen LogP) is 1.45. The summed E-state index contributed by atoms with van der Waals surface area (Å²) in [5.74, 6) is 0.685. The third-order valence-electron chi connectivity index (χ3n) is 2.51. The topological polar surface area (TPSA) is 54.2 Å². The standard InChI is InChI=1S/C12H19N5/c1-9(2)13-7-8-14-12-15-11-6-4-5-10(3)17(11)16-12/h4-6,9,13H,7-8H2,1-3H3,(H,14,16). The molecule has 5 nitrogen and oxygen atoms in total. The second kappa shape index (κ2) is 5.14. The predicted molar refractivity (Wildman–Crippen MR) is 69.4 cm³/mol. The Labute approximate surface area is 101 Å². The Kier molecular flexibility index (Phi) is 3.58. The van der Waals surface area contributed by atoms with Crippen LogP contribution in [0.2, 0.25) is 0 Å². The monoisotopic (exact) mass is 233 g/mol. The van der Waals surface area contributed by atoms with Crippen molar-refractivity contribution in [3.63, 3.8) is 0 Å². The van der Waals surface area contributed by atoms with Crippen molar-refractivity contribution < 1.29 is 0 Å². The number of nitrogens with zero attached hydrogens (tertiary/aromatic N) is 3. The molecule has 5 heteroatoms. The minimum Gasteiger partial charge on any atom is -0.352 e. The van der Waals surface area contributed by atoms with Gasteiger partial charge in [-0.2, -0.15) is 4.98 Å². The van der Waals surface area contributed by atoms with Crippen molar-refractivity contribution in [2.75, 3.05) is 18.4 Å². The summed E-state index contributed by atoms with van der Waals surface area (Å²) in [6.07, 6.45) is 0. The Morgan fingerprint density at radius 1 is 1.29 bits per heavy atom. The van der Waals surface area contributed by atoms with E-state index in [0.29, 0.717) is 12.0 Å². The van der Waals surface area contributed by atoms with Gasteiger partial charge in [-0.25, -0.2) is 4.52 Å². The quantitative estimate of drug-likeness (QED) is 0.767. The first kappa shape index (κ1) is 11.9. The molecule has 0 aliphatic carbocycles. The van der Waals surface area contributed by atoms with Gasteiger partial charge in [-0.05, 0) is 19.1 Å². The number of aryl methyl sites for hydroxylation is 1. The molecule has 0 aliphatic rings. The van der Waals surface area contributed by atoms with Crippen LogP contribution in [-0.4, -0.2) is 33.7 Å². The molecule has 0 spiro atoms. The molecule has 2 N–H and O–H groups in total. The summed E-state index contributed by atoms with van der Waals surface area (Å²) in [5, 5.41) is 10.9. The Morgan fingerprint density at radius 2 is 2.12 bits per heavy atom. The van der Waals surface area contributed by atoms with E-state index in [1.807, 2.05) is 29.6 Å². The van der Waals surface area contributed by atoms with Crippen LogP contribution in [0.1, 0.15) is 19.5 Å². The van der Waals surface area contributed by atoms with Crippen molar-refractivity contribution in [2.24, 2.45) is 0 Å². The van der Waals surface area contributed by atoms with Crippen LogP contribution in [0, 0.1) is 6.92 Å². The maximum Gasteiger partial charge on any atom is 0.243 e. The summed E-state index contributed by atoms with van der Waals surface area (Å²) in [5.41, 5.74) is 1.97. The third-order valence-corrected chi connectivity index (χ3v) is 2.51. The third kappa shape index (κ3) is 2.94. The molecule has 0 saturated carbocycles. The number of rotatable bonds is 5. The molecule has 0 unspecified atom stereocenters. The lowest BCUT2D eigenvalue weighted by Crippen LogP contribution is -2.28. The van der Waals surface area contributed by atoms with Gasteiger partial charge in [-0.1, -0.05) is 19.9 Å². The number of nitrogens with one attached hydrogen (secondary N) is 2. The maximum absolute atomic E-state index is 4.40. The minimum atomic E-state index is 0.507. The maximum atomic E-state index is 4.40. The first-order chi connectivity index (χ1) is 8.16. The molecule has 17 heavy (non-hydrogen) atoms. The van der Waals surface area contributed by atoms with E-state index >= 15 is 0 Å². The Hall–Kier alpha value is -1.62. The van der Waals surface area contributed by atoms with E-state index in [1.54, 1.807) is 0 Å². The van der Waals surface area contributed by atoms with Gasteiger partial charge in [-0.3, -0.25) is 0 Å². The Balaban J connectivity index is 1.98. The van der Waals surface area contributed by atoms with Gasteiger partial charge in [0.2, 0.25) is 5.95 Å². The molecular weight excluding hydrogens is 214 g/mol. The van der Waals surface area contributed by atoms with Crippen LogP contribution in [0.4, 0.5) is 5.95 Å². The zero-order valence-corrected chi connectivity index (χ0v) is 10.6. The highest BCUT2D eigenvalue weighted by molar-refractivity contribution is 5.44. The van der Waals surface area contributed by atoms with E-state index in [2.05, 4.69) is 34.6 Å². The molecule has 2 rings (SSSR count). The lowest BCUT2D eigenvalue weighted by molar-refractivity contribution is 0.601. The van der Waals surface area contributed by atoms with Gasteiger partial charge in [0.1, 0.15) is 0 Å². The highest BCUT2D eigenvalue weighted by Crippen LogP contribution is 2.07. The molecule has 0 bridgehead atoms. The van der Waals surface area contributed by atoms with Crippen molar-refractivity contribution in [3.05, 3.63) is 23.9 Å². The van der Waals surface area contributed by atoms with E-state index in [-0.39, 0.29) is 0 Å². The van der Waals surface area contributed by atoms with Gasteiger partial charge in [0.05, 0.1) is 0 Å². The van der Waals surface area contributed by atoms with Gasteiger partial charge < -0.3 is 10.6 Å². The summed E-state index contributed by atoms with van der Waals surface area (Å²) in [6, 6.07) is 6.47. The van der Waals surface area contributed by atoms with Gasteiger partial charge in [0, 0.05) is 24.8 Å². The molecular formula is C12H19N5. The molecule has 0 aromatic carbocycles. The smallest absolute Gasteiger partial charge is 0.243 e. The largest absolute Gasteiger partial charge is 0.352 e. The molecule has 2 aromatic rings. The Bertz CT molecular complexity index is 489. The number of hydrogen-bond donors (Lipinski definition) is 2. The van der Waals surface area contributed by atoms with Crippen molar-refractivity contribution in [3.8, 4) is 0 Å². The second-order valence-electron chi connectivity index (χ2n) is 4.41. The van der Waals surface area contributed by atoms with Crippen LogP contribution in [0.3, 0.4) is 0 Å². The molecule has 0 aliphatic heterocycles. The van der Waals surface area contributed by atoms with Gasteiger partial charge in [0.25, 0.3) is 0 Å². The van der Waals surface area contributed by atoms with Crippen LogP contribution in [0.5, 0.6) is 0 Å². The van der Waals surface area contributed by atoms with Crippen LogP contribution >= 0.6 is 0 Å². The lowest BCUT2D eigenvalue weighted by Gasteiger charge is -2.07. The summed E-state index contributed by atoms with van der Waals surface area (Å²) in [6.45, 7) is 8.02. The normalized spacial score (nSPS) is 11.3. The SMILES string of the molecule is Cc1cccc2nc(NCCNC(C)C)nn12. The van der Waals surface area contributed by atoms with E-state index < -0.39 is 0 Å². The molecule has 0 amide bonds. The fourth-order valence-corrected chi connectivity index (χ4v) is 1.65. The number of anilines is 1. The zero-order chi connectivity index (χ0) is 12.3. The van der Waals surface area contributed by atoms with Gasteiger partial charge in [-0.15, -0.1) is 5.10 Å². The first-order valence-corrected chi connectivity index (χ1v) is 5.96. The van der Waals surface area contributed by atoms with Gasteiger partial charge >= 0.3 is 0 Å². The molecule has 0 fully saturated rings. The van der Waals surface area contributed by atoms with E-state index in [1.165, 1.54) is 0 Å². The molecule has 0 atom stereocenters. The van der Waals surface area contributed by atoms with Gasteiger partial charge in [0.15, 0.2) is 5.65 Å². The minimum absolute atomic E-state index is 0.507. The van der Waals surface area contributed by atoms with Crippen LogP contribution in [0.15, 0.2) is 18.2 Å². The van der Waals surface area contributed by atoms with Crippen LogP contribution in [0.25, 0.3) is 5.65 Å². The number of fused-ring (bicyclic) bond motifs is 1. The summed E-state index contributed by atoms with van der Waals surface area (Å²) in [7, 11) is 0. The van der Waals surface area contributed by atoms with Crippen LogP contribution in [-0.2, 0) is 0 Å². The van der Waals surface area contributed by atoms with Crippen molar-refractivity contribution >= 4 is 11.6 Å². The average Bonchev–Trinajstić information content (AvgIpc) is 2.69. The average molecular weight is 233 g/mol. The van der Waals surface area contributed by atoms with E-state index in [0.717, 1.165) is 24.4 Å². The highest BCUT2D eigenvalue weighted by atomic mass is 15.3. The second-order valence-corrected chi connectivity index (χ2v) is 4.41. The fraction of sp³-hybridized carbons (Fsp3) is 0.500.